The van der Waals surface area contributed by atoms with Gasteiger partial charge in [0.1, 0.15) is 12.1 Å². The summed E-state index contributed by atoms with van der Waals surface area (Å²) in [5, 5.41) is 32.0. The van der Waals surface area contributed by atoms with Crippen LogP contribution in [0.25, 0.3) is 22.5 Å². The van der Waals surface area contributed by atoms with Crippen LogP contribution in [0.1, 0.15) is 11.4 Å². The van der Waals surface area contributed by atoms with Crippen LogP contribution in [0.4, 0.5) is 0 Å². The van der Waals surface area contributed by atoms with Crippen molar-refractivity contribution in [3.63, 3.8) is 0 Å². The molecule has 0 saturated heterocycles. The highest BCUT2D eigenvalue weighted by atomic mass is 16.6. The van der Waals surface area contributed by atoms with E-state index in [1.54, 1.807) is 24.3 Å². The van der Waals surface area contributed by atoms with Crippen molar-refractivity contribution in [1.29, 1.82) is 10.5 Å². The zero-order valence-corrected chi connectivity index (χ0v) is 9.81. The number of rotatable bonds is 2. The fourth-order valence-corrected chi connectivity index (χ4v) is 1.69. The second-order valence-electron chi connectivity index (χ2n) is 3.72. The van der Waals surface area contributed by atoms with Crippen LogP contribution in [0, 0.1) is 22.7 Å². The van der Waals surface area contributed by atoms with Gasteiger partial charge in [0.25, 0.3) is 0 Å². The second kappa shape index (κ2) is 4.63. The minimum atomic E-state index is 0.110. The molecule has 20 heavy (non-hydrogen) atoms. The first kappa shape index (κ1) is 11.6. The van der Waals surface area contributed by atoms with Gasteiger partial charge in [-0.2, -0.15) is 10.5 Å². The first-order chi connectivity index (χ1) is 9.83. The smallest absolute Gasteiger partial charge is 0.212 e. The SMILES string of the molecule is N#Cc1nonc1-c1ccc(-c2nonc2C#N)cc1. The zero-order valence-electron chi connectivity index (χ0n) is 9.81. The summed E-state index contributed by atoms with van der Waals surface area (Å²) in [4.78, 5) is 0. The van der Waals surface area contributed by atoms with Gasteiger partial charge in [-0.05, 0) is 20.6 Å². The molecule has 0 saturated carbocycles. The molecule has 3 rings (SSSR count). The normalized spacial score (nSPS) is 9.90. The standard InChI is InChI=1S/C12H4N6O2/c13-5-9-11(17-19-15-9)7-1-2-8(4-3-7)12-10(6-14)16-20-18-12/h1-4H. The number of aromatic nitrogens is 4. The van der Waals surface area contributed by atoms with Gasteiger partial charge < -0.3 is 0 Å². The molecule has 1 aromatic carbocycles. The summed E-state index contributed by atoms with van der Waals surface area (Å²) in [5.41, 5.74) is 2.27. The third-order valence-corrected chi connectivity index (χ3v) is 2.62. The number of benzene rings is 1. The van der Waals surface area contributed by atoms with Gasteiger partial charge in [0, 0.05) is 11.1 Å². The van der Waals surface area contributed by atoms with Crippen molar-refractivity contribution < 1.29 is 9.26 Å². The summed E-state index contributed by atoms with van der Waals surface area (Å²) < 4.78 is 9.05. The minimum Gasteiger partial charge on any atom is -0.243 e. The van der Waals surface area contributed by atoms with E-state index in [2.05, 4.69) is 29.9 Å². The molecule has 8 nitrogen and oxygen atoms in total. The first-order valence-corrected chi connectivity index (χ1v) is 5.39. The van der Waals surface area contributed by atoms with Gasteiger partial charge in [0.15, 0.2) is 11.4 Å². The molecule has 0 spiro atoms. The maximum Gasteiger partial charge on any atom is 0.212 e. The van der Waals surface area contributed by atoms with Crippen LogP contribution < -0.4 is 0 Å². The molecule has 0 aliphatic rings. The molecule has 0 amide bonds. The van der Waals surface area contributed by atoms with Crippen LogP contribution in [-0.4, -0.2) is 20.6 Å². The third-order valence-electron chi connectivity index (χ3n) is 2.62. The Morgan fingerprint density at radius 2 is 1.10 bits per heavy atom. The minimum absolute atomic E-state index is 0.110. The first-order valence-electron chi connectivity index (χ1n) is 5.39. The summed E-state index contributed by atoms with van der Waals surface area (Å²) in [6, 6.07) is 10.6. The molecule has 0 atom stereocenters. The molecule has 0 N–H and O–H groups in total. The number of nitriles is 2. The highest BCUT2D eigenvalue weighted by molar-refractivity contribution is 5.70. The number of nitrogens with zero attached hydrogens (tertiary/aromatic N) is 6. The molecule has 0 aliphatic carbocycles. The van der Waals surface area contributed by atoms with E-state index in [0.29, 0.717) is 22.5 Å². The van der Waals surface area contributed by atoms with E-state index in [-0.39, 0.29) is 11.4 Å². The lowest BCUT2D eigenvalue weighted by atomic mass is 10.1. The Morgan fingerprint density at radius 3 is 1.45 bits per heavy atom. The van der Waals surface area contributed by atoms with Crippen LogP contribution in [0.2, 0.25) is 0 Å². The van der Waals surface area contributed by atoms with Crippen LogP contribution >= 0.6 is 0 Å². The zero-order chi connectivity index (χ0) is 13.9. The van der Waals surface area contributed by atoms with Crippen LogP contribution in [-0.2, 0) is 0 Å². The van der Waals surface area contributed by atoms with Crippen molar-refractivity contribution in [1.82, 2.24) is 20.6 Å². The van der Waals surface area contributed by atoms with Gasteiger partial charge in [-0.15, -0.1) is 0 Å². The maximum atomic E-state index is 8.86. The van der Waals surface area contributed by atoms with E-state index in [4.69, 9.17) is 10.5 Å². The van der Waals surface area contributed by atoms with Crippen molar-refractivity contribution in [3.8, 4) is 34.7 Å². The molecule has 94 valence electrons. The van der Waals surface area contributed by atoms with E-state index in [1.165, 1.54) is 0 Å². The summed E-state index contributed by atoms with van der Waals surface area (Å²) in [6.07, 6.45) is 0. The molecule has 0 fully saturated rings. The summed E-state index contributed by atoms with van der Waals surface area (Å²) in [6.45, 7) is 0. The Kier molecular flexibility index (Phi) is 2.68. The van der Waals surface area contributed by atoms with E-state index in [0.717, 1.165) is 0 Å². The second-order valence-corrected chi connectivity index (χ2v) is 3.72. The number of hydrogen-bond donors (Lipinski definition) is 0. The molecule has 0 unspecified atom stereocenters. The Bertz CT molecular complexity index is 763. The summed E-state index contributed by atoms with van der Waals surface area (Å²) in [5.74, 6) is 0. The Hall–Kier alpha value is -3.52. The van der Waals surface area contributed by atoms with Gasteiger partial charge in [-0.25, -0.2) is 9.26 Å². The van der Waals surface area contributed by atoms with E-state index in [9.17, 15) is 0 Å². The lowest BCUT2D eigenvalue weighted by Crippen LogP contribution is -1.85. The lowest BCUT2D eigenvalue weighted by molar-refractivity contribution is 0.307. The van der Waals surface area contributed by atoms with E-state index < -0.39 is 0 Å². The molecule has 0 aliphatic heterocycles. The monoisotopic (exact) mass is 264 g/mol. The Labute approximate surface area is 111 Å². The van der Waals surface area contributed by atoms with Crippen molar-refractivity contribution in [2.45, 2.75) is 0 Å². The van der Waals surface area contributed by atoms with Crippen LogP contribution in [0.5, 0.6) is 0 Å². The molecule has 3 aromatic rings. The van der Waals surface area contributed by atoms with E-state index in [1.807, 2.05) is 12.1 Å². The largest absolute Gasteiger partial charge is 0.243 e. The van der Waals surface area contributed by atoms with Gasteiger partial charge in [0.05, 0.1) is 0 Å². The molecular weight excluding hydrogens is 260 g/mol. The average Bonchev–Trinajstić information content (AvgIpc) is 3.15. The quantitative estimate of drug-likeness (QED) is 0.681. The Morgan fingerprint density at radius 1 is 0.700 bits per heavy atom. The molecule has 2 heterocycles. The summed E-state index contributed by atoms with van der Waals surface area (Å²) in [7, 11) is 0. The van der Waals surface area contributed by atoms with Crippen molar-refractivity contribution in [3.05, 3.63) is 35.7 Å². The molecule has 0 bridgehead atoms. The van der Waals surface area contributed by atoms with Gasteiger partial charge >= 0.3 is 0 Å². The third kappa shape index (κ3) is 1.78. The predicted molar refractivity (Wildman–Crippen MR) is 62.5 cm³/mol. The lowest BCUT2D eigenvalue weighted by Gasteiger charge is -1.98. The van der Waals surface area contributed by atoms with Gasteiger partial charge in [0.2, 0.25) is 11.4 Å². The molecule has 0 radical (unpaired) electrons. The number of hydrogen-bond acceptors (Lipinski definition) is 8. The van der Waals surface area contributed by atoms with Crippen molar-refractivity contribution in [2.24, 2.45) is 0 Å². The molecule has 2 aromatic heterocycles. The van der Waals surface area contributed by atoms with Crippen molar-refractivity contribution >= 4 is 0 Å². The van der Waals surface area contributed by atoms with Crippen LogP contribution in [0.3, 0.4) is 0 Å². The molecular formula is C12H4N6O2. The average molecular weight is 264 g/mol. The van der Waals surface area contributed by atoms with Gasteiger partial charge in [-0.1, -0.05) is 24.3 Å². The highest BCUT2D eigenvalue weighted by Crippen LogP contribution is 2.25. The van der Waals surface area contributed by atoms with Crippen molar-refractivity contribution in [2.75, 3.05) is 0 Å². The van der Waals surface area contributed by atoms with Gasteiger partial charge in [-0.3, -0.25) is 0 Å². The Balaban J connectivity index is 2.01. The highest BCUT2D eigenvalue weighted by Gasteiger charge is 2.14. The topological polar surface area (TPSA) is 125 Å². The van der Waals surface area contributed by atoms with E-state index >= 15 is 0 Å². The molecule has 8 heteroatoms. The fraction of sp³-hybridized carbons (Fsp3) is 0. The fourth-order valence-electron chi connectivity index (χ4n) is 1.69. The predicted octanol–water partition coefficient (Wildman–Crippen LogP) is 1.53. The van der Waals surface area contributed by atoms with Crippen LogP contribution in [0.15, 0.2) is 33.5 Å². The summed E-state index contributed by atoms with van der Waals surface area (Å²) >= 11 is 0. The maximum absolute atomic E-state index is 8.86.